The van der Waals surface area contributed by atoms with E-state index in [1.807, 2.05) is 48.5 Å². The number of carbonyl (C=O) groups excluding carboxylic acids is 2. The summed E-state index contributed by atoms with van der Waals surface area (Å²) in [5.41, 5.74) is 2.64. The van der Waals surface area contributed by atoms with Gasteiger partial charge < -0.3 is 4.74 Å². The van der Waals surface area contributed by atoms with Crippen LogP contribution in [0.25, 0.3) is 11.1 Å². The molecule has 0 saturated heterocycles. The Labute approximate surface area is 154 Å². The second-order valence-corrected chi connectivity index (χ2v) is 6.34. The van der Waals surface area contributed by atoms with Crippen LogP contribution in [0.1, 0.15) is 20.7 Å². The van der Waals surface area contributed by atoms with Gasteiger partial charge in [-0.15, -0.1) is 0 Å². The molecule has 3 nitrogen and oxygen atoms in total. The van der Waals surface area contributed by atoms with Crippen molar-refractivity contribution >= 4 is 27.7 Å². The second-order valence-electron chi connectivity index (χ2n) is 5.42. The van der Waals surface area contributed by atoms with Gasteiger partial charge in [0.25, 0.3) is 0 Å². The highest BCUT2D eigenvalue weighted by Crippen LogP contribution is 2.24. The van der Waals surface area contributed by atoms with Crippen molar-refractivity contribution in [2.24, 2.45) is 0 Å². The summed E-state index contributed by atoms with van der Waals surface area (Å²) in [6.45, 7) is -0.293. The van der Waals surface area contributed by atoms with Crippen LogP contribution < -0.4 is 0 Å². The lowest BCUT2D eigenvalue weighted by Gasteiger charge is -2.09. The van der Waals surface area contributed by atoms with Crippen molar-refractivity contribution in [2.75, 3.05) is 6.61 Å². The summed E-state index contributed by atoms with van der Waals surface area (Å²) in [6, 6.07) is 23.8. The Kier molecular flexibility index (Phi) is 5.41. The molecule has 0 saturated carbocycles. The van der Waals surface area contributed by atoms with Gasteiger partial charge in [-0.1, -0.05) is 76.6 Å². The molecule has 0 spiro atoms. The minimum Gasteiger partial charge on any atom is -0.454 e. The summed E-state index contributed by atoms with van der Waals surface area (Å²) in [7, 11) is 0. The molecule has 0 atom stereocenters. The van der Waals surface area contributed by atoms with Gasteiger partial charge in [0.2, 0.25) is 0 Å². The Hall–Kier alpha value is -2.72. The molecule has 3 rings (SSSR count). The first-order valence-corrected chi connectivity index (χ1v) is 8.55. The third kappa shape index (κ3) is 4.22. The molecule has 4 heteroatoms. The number of benzene rings is 3. The molecule has 3 aromatic carbocycles. The van der Waals surface area contributed by atoms with E-state index < -0.39 is 5.97 Å². The lowest BCUT2D eigenvalue weighted by atomic mass is 10.00. The molecule has 0 N–H and O–H groups in total. The molecule has 0 amide bonds. The maximum atomic E-state index is 12.5. The second kappa shape index (κ2) is 7.90. The summed E-state index contributed by atoms with van der Waals surface area (Å²) >= 11 is 3.32. The predicted octanol–water partition coefficient (Wildman–Crippen LogP) is 5.16. The van der Waals surface area contributed by atoms with Gasteiger partial charge in [-0.25, -0.2) is 4.79 Å². The zero-order valence-corrected chi connectivity index (χ0v) is 14.9. The maximum absolute atomic E-state index is 12.5. The zero-order valence-electron chi connectivity index (χ0n) is 13.3. The van der Waals surface area contributed by atoms with Crippen LogP contribution in [0.2, 0.25) is 0 Å². The topological polar surface area (TPSA) is 43.4 Å². The van der Waals surface area contributed by atoms with E-state index in [0.717, 1.165) is 15.6 Å². The summed E-state index contributed by atoms with van der Waals surface area (Å²) in [5.74, 6) is -0.755. The first-order chi connectivity index (χ1) is 12.1. The monoisotopic (exact) mass is 394 g/mol. The molecular formula is C21H15BrO3. The van der Waals surface area contributed by atoms with Gasteiger partial charge in [-0.05, 0) is 29.3 Å². The first-order valence-electron chi connectivity index (χ1n) is 7.75. The number of hydrogen-bond acceptors (Lipinski definition) is 3. The molecule has 0 aliphatic rings. The van der Waals surface area contributed by atoms with E-state index in [0.29, 0.717) is 11.1 Å². The van der Waals surface area contributed by atoms with Crippen LogP contribution in [0, 0.1) is 0 Å². The van der Waals surface area contributed by atoms with E-state index in [4.69, 9.17) is 4.74 Å². The largest absolute Gasteiger partial charge is 0.454 e. The molecule has 25 heavy (non-hydrogen) atoms. The average Bonchev–Trinajstić information content (AvgIpc) is 2.66. The fraction of sp³-hybridized carbons (Fsp3) is 0.0476. The highest BCUT2D eigenvalue weighted by atomic mass is 79.9. The van der Waals surface area contributed by atoms with Gasteiger partial charge in [-0.2, -0.15) is 0 Å². The van der Waals surface area contributed by atoms with Gasteiger partial charge in [0.15, 0.2) is 12.4 Å². The van der Waals surface area contributed by atoms with Crippen molar-refractivity contribution in [3.63, 3.8) is 0 Å². The van der Waals surface area contributed by atoms with Gasteiger partial charge in [0.05, 0.1) is 5.56 Å². The Balaban J connectivity index is 1.75. The van der Waals surface area contributed by atoms with Crippen LogP contribution in [-0.2, 0) is 4.74 Å². The molecule has 0 heterocycles. The average molecular weight is 395 g/mol. The summed E-state index contributed by atoms with van der Waals surface area (Å²) < 4.78 is 6.05. The quantitative estimate of drug-likeness (QED) is 0.443. The third-order valence-electron chi connectivity index (χ3n) is 3.71. The number of esters is 1. The fourth-order valence-electron chi connectivity index (χ4n) is 2.48. The zero-order chi connectivity index (χ0) is 17.6. The van der Waals surface area contributed by atoms with Gasteiger partial charge >= 0.3 is 5.97 Å². The molecule has 0 fully saturated rings. The van der Waals surface area contributed by atoms with Crippen molar-refractivity contribution < 1.29 is 14.3 Å². The van der Waals surface area contributed by atoms with Gasteiger partial charge in [0.1, 0.15) is 0 Å². The Morgan fingerprint density at radius 2 is 1.56 bits per heavy atom. The minimum absolute atomic E-state index is 0.244. The third-order valence-corrected chi connectivity index (χ3v) is 4.21. The number of hydrogen-bond donors (Lipinski definition) is 0. The SMILES string of the molecule is O=C(COC(=O)c1ccccc1-c1ccccc1)c1cccc(Br)c1. The Morgan fingerprint density at radius 3 is 2.32 bits per heavy atom. The van der Waals surface area contributed by atoms with Crippen LogP contribution >= 0.6 is 15.9 Å². The van der Waals surface area contributed by atoms with E-state index in [9.17, 15) is 9.59 Å². The molecular weight excluding hydrogens is 380 g/mol. The number of halogens is 1. The molecule has 0 bridgehead atoms. The summed E-state index contributed by atoms with van der Waals surface area (Å²) in [4.78, 5) is 24.6. The summed E-state index contributed by atoms with van der Waals surface area (Å²) in [6.07, 6.45) is 0. The van der Waals surface area contributed by atoms with Gasteiger partial charge in [-0.3, -0.25) is 4.79 Å². The molecule has 0 aliphatic carbocycles. The van der Waals surface area contributed by atoms with Crippen LogP contribution in [0.4, 0.5) is 0 Å². The van der Waals surface area contributed by atoms with E-state index in [-0.39, 0.29) is 12.4 Å². The number of Topliss-reactive ketones (excluding diaryl/α,β-unsaturated/α-hetero) is 1. The lowest BCUT2D eigenvalue weighted by molar-refractivity contribution is 0.0475. The summed E-state index contributed by atoms with van der Waals surface area (Å²) in [5, 5.41) is 0. The smallest absolute Gasteiger partial charge is 0.339 e. The van der Waals surface area contributed by atoms with Crippen LogP contribution in [-0.4, -0.2) is 18.4 Å². The maximum Gasteiger partial charge on any atom is 0.339 e. The minimum atomic E-state index is -0.511. The van der Waals surface area contributed by atoms with E-state index >= 15 is 0 Å². The van der Waals surface area contributed by atoms with Crippen molar-refractivity contribution in [3.8, 4) is 11.1 Å². The number of ketones is 1. The number of ether oxygens (including phenoxy) is 1. The van der Waals surface area contributed by atoms with E-state index in [1.165, 1.54) is 0 Å². The first kappa shape index (κ1) is 17.1. The molecule has 124 valence electrons. The highest BCUT2D eigenvalue weighted by Gasteiger charge is 2.16. The predicted molar refractivity (Wildman–Crippen MR) is 101 cm³/mol. The van der Waals surface area contributed by atoms with Gasteiger partial charge in [0, 0.05) is 10.0 Å². The molecule has 0 aromatic heterocycles. The Bertz CT molecular complexity index is 904. The van der Waals surface area contributed by atoms with E-state index in [2.05, 4.69) is 15.9 Å². The van der Waals surface area contributed by atoms with E-state index in [1.54, 1.807) is 30.3 Å². The fourth-order valence-corrected chi connectivity index (χ4v) is 2.88. The number of rotatable bonds is 5. The lowest BCUT2D eigenvalue weighted by Crippen LogP contribution is -2.15. The van der Waals surface area contributed by atoms with Crippen LogP contribution in [0.5, 0.6) is 0 Å². The van der Waals surface area contributed by atoms with Crippen molar-refractivity contribution in [1.82, 2.24) is 0 Å². The van der Waals surface area contributed by atoms with Crippen molar-refractivity contribution in [2.45, 2.75) is 0 Å². The molecule has 0 aliphatic heterocycles. The van der Waals surface area contributed by atoms with Crippen molar-refractivity contribution in [3.05, 3.63) is 94.5 Å². The molecule has 3 aromatic rings. The standard InChI is InChI=1S/C21H15BrO3/c22-17-10-6-9-16(13-17)20(23)14-25-21(24)19-12-5-4-11-18(19)15-7-2-1-3-8-15/h1-13H,14H2. The van der Waals surface area contributed by atoms with Crippen LogP contribution in [0.15, 0.2) is 83.3 Å². The normalized spacial score (nSPS) is 10.3. The Morgan fingerprint density at radius 1 is 0.840 bits per heavy atom. The number of carbonyl (C=O) groups is 2. The van der Waals surface area contributed by atoms with Crippen molar-refractivity contribution in [1.29, 1.82) is 0 Å². The molecule has 0 unspecified atom stereocenters. The van der Waals surface area contributed by atoms with Crippen LogP contribution in [0.3, 0.4) is 0 Å². The molecule has 0 radical (unpaired) electrons. The highest BCUT2D eigenvalue weighted by molar-refractivity contribution is 9.10.